The van der Waals surface area contributed by atoms with Crippen molar-refractivity contribution in [2.45, 2.75) is 6.92 Å². The molecule has 2 aromatic carbocycles. The maximum atomic E-state index is 13.4. The molecule has 0 bridgehead atoms. The lowest BCUT2D eigenvalue weighted by Crippen LogP contribution is -2.38. The van der Waals surface area contributed by atoms with Crippen LogP contribution in [0.2, 0.25) is 0 Å². The molecule has 0 radical (unpaired) electrons. The Bertz CT molecular complexity index is 937. The highest BCUT2D eigenvalue weighted by atomic mass is 32.1. The third-order valence-electron chi connectivity index (χ3n) is 4.05. The Labute approximate surface area is 148 Å². The molecule has 1 aliphatic heterocycles. The zero-order chi connectivity index (χ0) is 17.4. The van der Waals surface area contributed by atoms with Crippen molar-refractivity contribution in [2.24, 2.45) is 0 Å². The van der Waals surface area contributed by atoms with Crippen LogP contribution in [0, 0.1) is 12.7 Å². The van der Waals surface area contributed by atoms with Gasteiger partial charge in [-0.25, -0.2) is 9.37 Å². The fourth-order valence-electron chi connectivity index (χ4n) is 2.74. The third kappa shape index (κ3) is 3.00. The van der Waals surface area contributed by atoms with Crippen LogP contribution in [0.1, 0.15) is 16.1 Å². The predicted molar refractivity (Wildman–Crippen MR) is 95.9 cm³/mol. The number of carbonyl (C=O) groups excluding carboxylic acids is 1. The van der Waals surface area contributed by atoms with Gasteiger partial charge in [-0.05, 0) is 19.1 Å². The molecule has 0 unspecified atom stereocenters. The summed E-state index contributed by atoms with van der Waals surface area (Å²) in [5, 5.41) is 2.56. The molecule has 0 spiro atoms. The van der Waals surface area contributed by atoms with Gasteiger partial charge in [-0.1, -0.05) is 29.8 Å². The number of nitrogens with zero attached hydrogens (tertiary/aromatic N) is 2. The normalized spacial score (nSPS) is 13.3. The summed E-state index contributed by atoms with van der Waals surface area (Å²) in [6, 6.07) is 12.2. The van der Waals surface area contributed by atoms with Gasteiger partial charge in [-0.15, -0.1) is 11.3 Å². The number of aromatic nitrogens is 1. The first-order valence-electron chi connectivity index (χ1n) is 7.88. The van der Waals surface area contributed by atoms with E-state index in [2.05, 4.69) is 4.98 Å². The quantitative estimate of drug-likeness (QED) is 0.689. The molecule has 0 aliphatic carbocycles. The van der Waals surface area contributed by atoms with E-state index in [1.165, 1.54) is 29.0 Å². The van der Waals surface area contributed by atoms with Crippen molar-refractivity contribution in [1.29, 1.82) is 0 Å². The van der Waals surface area contributed by atoms with Crippen LogP contribution >= 0.6 is 11.3 Å². The molecular weight excluding hydrogens is 339 g/mol. The first kappa shape index (κ1) is 15.8. The number of rotatable bonds is 2. The lowest BCUT2D eigenvalue weighted by molar-refractivity contribution is 0.0972. The highest BCUT2D eigenvalue weighted by Crippen LogP contribution is 2.33. The summed E-state index contributed by atoms with van der Waals surface area (Å²) < 4.78 is 18.8. The Morgan fingerprint density at radius 2 is 2.04 bits per heavy atom. The van der Waals surface area contributed by atoms with E-state index in [1.54, 1.807) is 16.3 Å². The number of benzene rings is 2. The smallest absolute Gasteiger partial charge is 0.277 e. The molecule has 0 N–H and O–H groups in total. The van der Waals surface area contributed by atoms with E-state index in [0.29, 0.717) is 30.3 Å². The van der Waals surface area contributed by atoms with Gasteiger partial charge in [0.1, 0.15) is 28.9 Å². The average molecular weight is 354 g/mol. The number of aryl methyl sites for hydroxylation is 1. The van der Waals surface area contributed by atoms with Crippen molar-refractivity contribution >= 4 is 22.9 Å². The molecular formula is C19H15FN2O2S. The second-order valence-corrected chi connectivity index (χ2v) is 6.68. The van der Waals surface area contributed by atoms with E-state index in [0.717, 1.165) is 10.6 Å². The minimum absolute atomic E-state index is 0.203. The zero-order valence-corrected chi connectivity index (χ0v) is 14.3. The molecule has 25 heavy (non-hydrogen) atoms. The molecule has 6 heteroatoms. The van der Waals surface area contributed by atoms with E-state index in [1.807, 2.05) is 31.2 Å². The monoisotopic (exact) mass is 354 g/mol. The van der Waals surface area contributed by atoms with Crippen molar-refractivity contribution in [2.75, 3.05) is 18.1 Å². The van der Waals surface area contributed by atoms with Gasteiger partial charge in [0.25, 0.3) is 5.91 Å². The number of amides is 1. The Hall–Kier alpha value is -2.73. The number of hydrogen-bond acceptors (Lipinski definition) is 4. The Kier molecular flexibility index (Phi) is 3.97. The number of carbonyl (C=O) groups is 1. The highest BCUT2D eigenvalue weighted by molar-refractivity contribution is 7.13. The van der Waals surface area contributed by atoms with Crippen molar-refractivity contribution in [1.82, 2.24) is 4.98 Å². The van der Waals surface area contributed by atoms with E-state index in [4.69, 9.17) is 4.74 Å². The summed E-state index contributed by atoms with van der Waals surface area (Å²) in [6.07, 6.45) is 0. The van der Waals surface area contributed by atoms with Gasteiger partial charge in [0, 0.05) is 17.0 Å². The summed E-state index contributed by atoms with van der Waals surface area (Å²) in [4.78, 5) is 18.9. The second kappa shape index (κ2) is 6.29. The summed E-state index contributed by atoms with van der Waals surface area (Å²) in [7, 11) is 0. The third-order valence-corrected chi connectivity index (χ3v) is 4.94. The molecule has 3 aromatic rings. The fourth-order valence-corrected chi connectivity index (χ4v) is 3.54. The molecule has 2 heterocycles. The lowest BCUT2D eigenvalue weighted by atomic mass is 10.2. The molecule has 4 nitrogen and oxygen atoms in total. The Balaban J connectivity index is 1.63. The van der Waals surface area contributed by atoms with Gasteiger partial charge in [-0.3, -0.25) is 4.79 Å². The van der Waals surface area contributed by atoms with Gasteiger partial charge in [-0.2, -0.15) is 0 Å². The predicted octanol–water partition coefficient (Wildman–Crippen LogP) is 4.30. The SMILES string of the molecule is Cc1ccc(-c2nc(C(=O)N3CCOc4cc(F)ccc43)cs2)cc1. The van der Waals surface area contributed by atoms with E-state index in [9.17, 15) is 9.18 Å². The van der Waals surface area contributed by atoms with Crippen molar-refractivity contribution in [3.8, 4) is 16.3 Å². The number of fused-ring (bicyclic) bond motifs is 1. The van der Waals surface area contributed by atoms with E-state index >= 15 is 0 Å². The first-order valence-corrected chi connectivity index (χ1v) is 8.76. The highest BCUT2D eigenvalue weighted by Gasteiger charge is 2.26. The molecule has 1 aliphatic rings. The number of anilines is 1. The number of halogens is 1. The minimum atomic E-state index is -0.386. The van der Waals surface area contributed by atoms with Crippen molar-refractivity contribution in [3.63, 3.8) is 0 Å². The number of hydrogen-bond donors (Lipinski definition) is 0. The molecule has 4 rings (SSSR count). The molecule has 126 valence electrons. The Morgan fingerprint density at radius 1 is 1.24 bits per heavy atom. The van der Waals surface area contributed by atoms with Gasteiger partial charge in [0.15, 0.2) is 0 Å². The largest absolute Gasteiger partial charge is 0.489 e. The van der Waals surface area contributed by atoms with Gasteiger partial charge >= 0.3 is 0 Å². The number of thiazole rings is 1. The van der Waals surface area contributed by atoms with Crippen LogP contribution in [0.15, 0.2) is 47.8 Å². The van der Waals surface area contributed by atoms with Crippen LogP contribution in [-0.2, 0) is 0 Å². The van der Waals surface area contributed by atoms with Crippen molar-refractivity contribution in [3.05, 3.63) is 64.9 Å². The maximum Gasteiger partial charge on any atom is 0.277 e. The number of ether oxygens (including phenoxy) is 1. The Morgan fingerprint density at radius 3 is 2.84 bits per heavy atom. The average Bonchev–Trinajstić information content (AvgIpc) is 3.11. The summed E-state index contributed by atoms with van der Waals surface area (Å²) >= 11 is 1.43. The van der Waals surface area contributed by atoms with E-state index < -0.39 is 0 Å². The minimum Gasteiger partial charge on any atom is -0.489 e. The van der Waals surface area contributed by atoms with Crippen LogP contribution in [0.25, 0.3) is 10.6 Å². The summed E-state index contributed by atoms with van der Waals surface area (Å²) in [6.45, 7) is 2.77. The summed E-state index contributed by atoms with van der Waals surface area (Å²) in [5.41, 5.74) is 3.12. The van der Waals surface area contributed by atoms with Crippen LogP contribution in [0.5, 0.6) is 5.75 Å². The van der Waals surface area contributed by atoms with Crippen LogP contribution in [0.3, 0.4) is 0 Å². The summed E-state index contributed by atoms with van der Waals surface area (Å²) in [5.74, 6) is -0.206. The standard InChI is InChI=1S/C19H15FN2O2S/c1-12-2-4-13(5-3-12)18-21-15(11-25-18)19(23)22-8-9-24-17-10-14(20)6-7-16(17)22/h2-7,10-11H,8-9H2,1H3. The molecule has 1 amide bonds. The van der Waals surface area contributed by atoms with Gasteiger partial charge in [0.2, 0.25) is 0 Å². The maximum absolute atomic E-state index is 13.4. The second-order valence-electron chi connectivity index (χ2n) is 5.82. The van der Waals surface area contributed by atoms with E-state index in [-0.39, 0.29) is 11.7 Å². The van der Waals surface area contributed by atoms with Crippen LogP contribution < -0.4 is 9.64 Å². The molecule has 0 atom stereocenters. The van der Waals surface area contributed by atoms with Gasteiger partial charge in [0.05, 0.1) is 12.2 Å². The molecule has 1 aromatic heterocycles. The zero-order valence-electron chi connectivity index (χ0n) is 13.5. The van der Waals surface area contributed by atoms with Crippen LogP contribution in [-0.4, -0.2) is 24.0 Å². The topological polar surface area (TPSA) is 42.4 Å². The molecule has 0 saturated carbocycles. The molecule has 0 fully saturated rings. The van der Waals surface area contributed by atoms with Crippen molar-refractivity contribution < 1.29 is 13.9 Å². The lowest BCUT2D eigenvalue weighted by Gasteiger charge is -2.28. The van der Waals surface area contributed by atoms with Crippen LogP contribution in [0.4, 0.5) is 10.1 Å². The molecule has 0 saturated heterocycles. The first-order chi connectivity index (χ1) is 12.1. The fraction of sp³-hybridized carbons (Fsp3) is 0.158. The van der Waals surface area contributed by atoms with Gasteiger partial charge < -0.3 is 9.64 Å².